The quantitative estimate of drug-likeness (QED) is 0.868. The monoisotopic (exact) mass is 371 g/mol. The molecule has 1 heterocycles. The Balaban J connectivity index is 1.55. The molecule has 7 nitrogen and oxygen atoms in total. The molecule has 26 heavy (non-hydrogen) atoms. The fourth-order valence-corrected chi connectivity index (χ4v) is 4.18. The number of hydrogen-bond donors (Lipinski definition) is 1. The predicted octanol–water partition coefficient (Wildman–Crippen LogP) is 2.12. The van der Waals surface area contributed by atoms with Crippen LogP contribution in [-0.2, 0) is 14.8 Å². The molecule has 1 N–H and O–H groups in total. The standard InChI is InChI=1S/C18H17N3O4S/c19-12-14-2-8-17(9-3-14)25-13-18(22)20-15-4-6-16(7-5-15)21-10-1-11-26(21,23)24/h2-9H,1,10-11,13H2,(H,20,22). The van der Waals surface area contributed by atoms with Gasteiger partial charge in [0.05, 0.1) is 23.1 Å². The van der Waals surface area contributed by atoms with Gasteiger partial charge in [-0.3, -0.25) is 9.10 Å². The molecule has 0 bridgehead atoms. The molecule has 0 unspecified atom stereocenters. The van der Waals surface area contributed by atoms with Gasteiger partial charge in [-0.05, 0) is 55.0 Å². The van der Waals surface area contributed by atoms with Gasteiger partial charge in [-0.25, -0.2) is 8.42 Å². The van der Waals surface area contributed by atoms with Crippen LogP contribution in [0.1, 0.15) is 12.0 Å². The highest BCUT2D eigenvalue weighted by atomic mass is 32.2. The molecule has 1 amide bonds. The van der Waals surface area contributed by atoms with Crippen LogP contribution in [0.2, 0.25) is 0 Å². The van der Waals surface area contributed by atoms with Crippen molar-refractivity contribution < 1.29 is 17.9 Å². The predicted molar refractivity (Wildman–Crippen MR) is 97.5 cm³/mol. The molecule has 2 aromatic carbocycles. The lowest BCUT2D eigenvalue weighted by Gasteiger charge is -2.17. The number of benzene rings is 2. The van der Waals surface area contributed by atoms with Crippen LogP contribution in [0.4, 0.5) is 11.4 Å². The maximum absolute atomic E-state index is 12.0. The first-order valence-corrected chi connectivity index (χ1v) is 9.62. The Hall–Kier alpha value is -3.05. The third-order valence-corrected chi connectivity index (χ3v) is 5.76. The molecule has 0 aromatic heterocycles. The number of amides is 1. The van der Waals surface area contributed by atoms with Gasteiger partial charge in [-0.2, -0.15) is 5.26 Å². The fourth-order valence-electron chi connectivity index (χ4n) is 2.61. The molecule has 3 rings (SSSR count). The van der Waals surface area contributed by atoms with Crippen molar-refractivity contribution in [3.63, 3.8) is 0 Å². The molecule has 1 aliphatic heterocycles. The Labute approximate surface area is 151 Å². The molecule has 2 aromatic rings. The Morgan fingerprint density at radius 3 is 2.42 bits per heavy atom. The van der Waals surface area contributed by atoms with Crippen molar-refractivity contribution in [1.82, 2.24) is 0 Å². The van der Waals surface area contributed by atoms with Crippen LogP contribution < -0.4 is 14.4 Å². The molecule has 1 aliphatic rings. The third-order valence-electron chi connectivity index (χ3n) is 3.89. The van der Waals surface area contributed by atoms with E-state index < -0.39 is 10.0 Å². The summed E-state index contributed by atoms with van der Waals surface area (Å²) in [4.78, 5) is 12.0. The minimum absolute atomic E-state index is 0.165. The average Bonchev–Trinajstić information content (AvgIpc) is 3.00. The first kappa shape index (κ1) is 17.8. The maximum atomic E-state index is 12.0. The van der Waals surface area contributed by atoms with E-state index >= 15 is 0 Å². The summed E-state index contributed by atoms with van der Waals surface area (Å²) in [7, 11) is -3.21. The summed E-state index contributed by atoms with van der Waals surface area (Å²) in [6.07, 6.45) is 0.619. The van der Waals surface area contributed by atoms with Crippen molar-refractivity contribution in [3.8, 4) is 11.8 Å². The summed E-state index contributed by atoms with van der Waals surface area (Å²) in [5, 5.41) is 11.4. The summed E-state index contributed by atoms with van der Waals surface area (Å²) in [5.74, 6) is 0.322. The summed E-state index contributed by atoms with van der Waals surface area (Å²) in [6, 6.07) is 15.1. The van der Waals surface area contributed by atoms with Gasteiger partial charge < -0.3 is 10.1 Å². The van der Waals surface area contributed by atoms with Gasteiger partial charge in [0.2, 0.25) is 10.0 Å². The molecule has 0 saturated carbocycles. The molecule has 0 aliphatic carbocycles. The van der Waals surface area contributed by atoms with Crippen LogP contribution in [0.3, 0.4) is 0 Å². The van der Waals surface area contributed by atoms with Gasteiger partial charge in [0.25, 0.3) is 5.91 Å². The van der Waals surface area contributed by atoms with Crippen molar-refractivity contribution in [1.29, 1.82) is 5.26 Å². The lowest BCUT2D eigenvalue weighted by Crippen LogP contribution is -2.25. The van der Waals surface area contributed by atoms with Crippen LogP contribution in [-0.4, -0.2) is 33.2 Å². The summed E-state index contributed by atoms with van der Waals surface area (Å²) < 4.78 is 30.6. The number of hydrogen-bond acceptors (Lipinski definition) is 5. The van der Waals surface area contributed by atoms with Gasteiger partial charge >= 0.3 is 0 Å². The number of carbonyl (C=O) groups is 1. The average molecular weight is 371 g/mol. The molecule has 134 valence electrons. The second-order valence-electron chi connectivity index (χ2n) is 5.76. The number of carbonyl (C=O) groups excluding carboxylic acids is 1. The van der Waals surface area contributed by atoms with Gasteiger partial charge in [0, 0.05) is 12.2 Å². The van der Waals surface area contributed by atoms with Crippen LogP contribution >= 0.6 is 0 Å². The summed E-state index contributed by atoms with van der Waals surface area (Å²) in [6.45, 7) is 0.306. The Morgan fingerprint density at radius 2 is 1.85 bits per heavy atom. The van der Waals surface area contributed by atoms with Gasteiger partial charge in [-0.15, -0.1) is 0 Å². The zero-order chi connectivity index (χ0) is 18.6. The molecule has 1 saturated heterocycles. The van der Waals surface area contributed by atoms with Crippen molar-refractivity contribution >= 4 is 27.3 Å². The van der Waals surface area contributed by atoms with Crippen molar-refractivity contribution in [2.75, 3.05) is 28.5 Å². The number of nitrogens with zero attached hydrogens (tertiary/aromatic N) is 2. The number of nitriles is 1. The van der Waals surface area contributed by atoms with E-state index in [1.165, 1.54) is 4.31 Å². The zero-order valence-corrected chi connectivity index (χ0v) is 14.7. The Kier molecular flexibility index (Phi) is 5.09. The highest BCUT2D eigenvalue weighted by Crippen LogP contribution is 2.25. The number of ether oxygens (including phenoxy) is 1. The highest BCUT2D eigenvalue weighted by molar-refractivity contribution is 7.93. The van der Waals surface area contributed by atoms with E-state index in [4.69, 9.17) is 10.00 Å². The van der Waals surface area contributed by atoms with E-state index in [2.05, 4.69) is 5.32 Å². The van der Waals surface area contributed by atoms with Gasteiger partial charge in [-0.1, -0.05) is 0 Å². The zero-order valence-electron chi connectivity index (χ0n) is 13.9. The lowest BCUT2D eigenvalue weighted by molar-refractivity contribution is -0.118. The van der Waals surface area contributed by atoms with Gasteiger partial charge in [0.1, 0.15) is 5.75 Å². The maximum Gasteiger partial charge on any atom is 0.262 e. The highest BCUT2D eigenvalue weighted by Gasteiger charge is 2.28. The number of rotatable bonds is 5. The number of nitrogens with one attached hydrogen (secondary N) is 1. The summed E-state index contributed by atoms with van der Waals surface area (Å²) in [5.41, 5.74) is 1.66. The van der Waals surface area contributed by atoms with Crippen LogP contribution in [0, 0.1) is 11.3 Å². The first-order valence-electron chi connectivity index (χ1n) is 8.01. The van der Waals surface area contributed by atoms with Crippen LogP contribution in [0.15, 0.2) is 48.5 Å². The Bertz CT molecular complexity index is 932. The molecule has 8 heteroatoms. The lowest BCUT2D eigenvalue weighted by atomic mass is 10.2. The first-order chi connectivity index (χ1) is 12.5. The second-order valence-corrected chi connectivity index (χ2v) is 7.77. The molecular formula is C18H17N3O4S. The molecule has 0 spiro atoms. The van der Waals surface area contributed by atoms with E-state index in [1.807, 2.05) is 6.07 Å². The number of anilines is 2. The fraction of sp³-hybridized carbons (Fsp3) is 0.222. The summed E-state index contributed by atoms with van der Waals surface area (Å²) >= 11 is 0. The van der Waals surface area contributed by atoms with Crippen molar-refractivity contribution in [2.45, 2.75) is 6.42 Å². The smallest absolute Gasteiger partial charge is 0.262 e. The minimum atomic E-state index is -3.21. The SMILES string of the molecule is N#Cc1ccc(OCC(=O)Nc2ccc(N3CCCS3(=O)=O)cc2)cc1. The van der Waals surface area contributed by atoms with E-state index in [0.717, 1.165) is 0 Å². The number of sulfonamides is 1. The van der Waals surface area contributed by atoms with Crippen LogP contribution in [0.25, 0.3) is 0 Å². The molecule has 0 radical (unpaired) electrons. The van der Waals surface area contributed by atoms with E-state index in [9.17, 15) is 13.2 Å². The van der Waals surface area contributed by atoms with Crippen molar-refractivity contribution in [3.05, 3.63) is 54.1 Å². The second kappa shape index (κ2) is 7.45. The van der Waals surface area contributed by atoms with E-state index in [0.29, 0.717) is 35.7 Å². The van der Waals surface area contributed by atoms with E-state index in [-0.39, 0.29) is 18.3 Å². The van der Waals surface area contributed by atoms with Crippen LogP contribution in [0.5, 0.6) is 5.75 Å². The molecular weight excluding hydrogens is 354 g/mol. The van der Waals surface area contributed by atoms with Gasteiger partial charge in [0.15, 0.2) is 6.61 Å². The molecule has 0 atom stereocenters. The van der Waals surface area contributed by atoms with Crippen molar-refractivity contribution in [2.24, 2.45) is 0 Å². The van der Waals surface area contributed by atoms with E-state index in [1.54, 1.807) is 48.5 Å². The topological polar surface area (TPSA) is 99.5 Å². The largest absolute Gasteiger partial charge is 0.484 e. The normalized spacial score (nSPS) is 15.3. The third kappa shape index (κ3) is 4.13. The minimum Gasteiger partial charge on any atom is -0.484 e. The molecule has 1 fully saturated rings. The Morgan fingerprint density at radius 1 is 1.15 bits per heavy atom.